The number of carbonyl (C=O) groups excluding carboxylic acids is 2. The molecular formula is C25H15I2N3O3S2. The van der Waals surface area contributed by atoms with Crippen LogP contribution in [-0.4, -0.2) is 21.1 Å². The first-order valence-corrected chi connectivity index (χ1v) is 13.5. The second-order valence-corrected chi connectivity index (χ2v) is 11.3. The summed E-state index contributed by atoms with van der Waals surface area (Å²) in [6.07, 6.45) is 1.71. The molecule has 2 amide bonds. The third-order valence-electron chi connectivity index (χ3n) is 4.88. The highest BCUT2D eigenvalue weighted by Crippen LogP contribution is 2.36. The van der Waals surface area contributed by atoms with E-state index in [1.165, 1.54) is 0 Å². The fourth-order valence-electron chi connectivity index (χ4n) is 3.21. The molecule has 0 bridgehead atoms. The monoisotopic (exact) mass is 723 g/mol. The molecule has 0 unspecified atom stereocenters. The van der Waals surface area contributed by atoms with Crippen molar-refractivity contribution in [2.45, 2.75) is 6.61 Å². The number of hydrazine groups is 1. The third-order valence-corrected chi connectivity index (χ3v) is 7.60. The zero-order valence-electron chi connectivity index (χ0n) is 17.8. The largest absolute Gasteiger partial charge is 0.487 e. The van der Waals surface area contributed by atoms with Gasteiger partial charge < -0.3 is 4.74 Å². The molecular weight excluding hydrogens is 708 g/mol. The van der Waals surface area contributed by atoms with Crippen LogP contribution in [0.25, 0.3) is 6.08 Å². The van der Waals surface area contributed by atoms with Crippen LogP contribution in [0, 0.1) is 18.5 Å². The van der Waals surface area contributed by atoms with Gasteiger partial charge >= 0.3 is 0 Å². The Kier molecular flexibility index (Phi) is 8.42. The van der Waals surface area contributed by atoms with Crippen molar-refractivity contribution < 1.29 is 14.3 Å². The molecule has 1 heterocycles. The second kappa shape index (κ2) is 11.5. The van der Waals surface area contributed by atoms with E-state index in [1.807, 2.05) is 24.3 Å². The first-order chi connectivity index (χ1) is 16.9. The number of nitrogens with zero attached hydrogens (tertiary/aromatic N) is 2. The molecule has 0 saturated carbocycles. The Balaban J connectivity index is 1.59. The fraction of sp³-hybridized carbons (Fsp3) is 0.0400. The van der Waals surface area contributed by atoms with E-state index in [-0.39, 0.29) is 10.9 Å². The number of thioether (sulfide) groups is 1. The number of halogens is 2. The molecule has 1 fully saturated rings. The molecule has 3 aromatic rings. The molecule has 0 radical (unpaired) electrons. The molecule has 0 spiro atoms. The lowest BCUT2D eigenvalue weighted by Crippen LogP contribution is -2.44. The first kappa shape index (κ1) is 25.6. The van der Waals surface area contributed by atoms with Crippen molar-refractivity contribution in [2.24, 2.45) is 0 Å². The third kappa shape index (κ3) is 6.03. The van der Waals surface area contributed by atoms with Crippen LogP contribution < -0.4 is 10.2 Å². The summed E-state index contributed by atoms with van der Waals surface area (Å²) in [5.74, 6) is -0.247. The van der Waals surface area contributed by atoms with Crippen molar-refractivity contribution >= 4 is 91.4 Å². The van der Waals surface area contributed by atoms with Gasteiger partial charge in [0.05, 0.1) is 20.1 Å². The van der Waals surface area contributed by atoms with Gasteiger partial charge in [0.2, 0.25) is 0 Å². The van der Waals surface area contributed by atoms with Crippen molar-refractivity contribution in [2.75, 3.05) is 0 Å². The van der Waals surface area contributed by atoms with Gasteiger partial charge in [0.15, 0.2) is 4.32 Å². The average molecular weight is 723 g/mol. The van der Waals surface area contributed by atoms with Gasteiger partial charge in [0, 0.05) is 20.3 Å². The Morgan fingerprint density at radius 3 is 2.60 bits per heavy atom. The molecule has 4 rings (SSSR count). The number of ether oxygens (including phenoxy) is 1. The number of carbonyl (C=O) groups is 2. The zero-order valence-corrected chi connectivity index (χ0v) is 23.8. The summed E-state index contributed by atoms with van der Waals surface area (Å²) in [7, 11) is 0. The molecule has 1 aliphatic rings. The Morgan fingerprint density at radius 1 is 1.14 bits per heavy atom. The van der Waals surface area contributed by atoms with E-state index < -0.39 is 11.8 Å². The van der Waals surface area contributed by atoms with Crippen LogP contribution in [0.1, 0.15) is 27.0 Å². The number of benzene rings is 3. The van der Waals surface area contributed by atoms with E-state index in [1.54, 1.807) is 48.5 Å². The SMILES string of the molecule is N#Cc1ccccc1COc1c(I)cc(I)cc1/C=C1/SC(=S)N(NC(=O)c2ccccc2)C1=O. The van der Waals surface area contributed by atoms with E-state index in [2.05, 4.69) is 56.7 Å². The van der Waals surface area contributed by atoms with Crippen LogP contribution in [0.15, 0.2) is 71.6 Å². The highest BCUT2D eigenvalue weighted by Gasteiger charge is 2.34. The summed E-state index contributed by atoms with van der Waals surface area (Å²) in [6, 6.07) is 21.9. The molecule has 1 aliphatic heterocycles. The molecule has 1 saturated heterocycles. The maximum absolute atomic E-state index is 13.1. The highest BCUT2D eigenvalue weighted by atomic mass is 127. The Morgan fingerprint density at radius 2 is 1.86 bits per heavy atom. The number of hydrogen-bond acceptors (Lipinski definition) is 6. The van der Waals surface area contributed by atoms with Crippen LogP contribution in [-0.2, 0) is 11.4 Å². The predicted octanol–water partition coefficient (Wildman–Crippen LogP) is 5.89. The van der Waals surface area contributed by atoms with E-state index in [0.717, 1.165) is 29.5 Å². The lowest BCUT2D eigenvalue weighted by atomic mass is 10.1. The molecule has 3 aromatic carbocycles. The van der Waals surface area contributed by atoms with Gasteiger partial charge in [-0.3, -0.25) is 15.0 Å². The summed E-state index contributed by atoms with van der Waals surface area (Å²) in [4.78, 5) is 26.0. The fourth-order valence-corrected chi connectivity index (χ4v) is 6.42. The summed E-state index contributed by atoms with van der Waals surface area (Å²) in [5, 5.41) is 10.4. The maximum atomic E-state index is 13.1. The topological polar surface area (TPSA) is 82.4 Å². The standard InChI is InChI=1S/C25H15I2N3O3S2/c26-19-10-18(22(20(27)12-19)33-14-17-9-5-4-8-16(17)13-28)11-21-24(32)30(25(34)35-21)29-23(31)15-6-2-1-3-7-15/h1-12H,14H2,(H,29,31)/b21-11+. The minimum atomic E-state index is -0.424. The predicted molar refractivity (Wildman–Crippen MR) is 156 cm³/mol. The van der Waals surface area contributed by atoms with Crippen LogP contribution in [0.3, 0.4) is 0 Å². The summed E-state index contributed by atoms with van der Waals surface area (Å²) < 4.78 is 8.19. The molecule has 174 valence electrons. The summed E-state index contributed by atoms with van der Waals surface area (Å²) in [5.41, 5.74) is 5.02. The molecule has 1 N–H and O–H groups in total. The van der Waals surface area contributed by atoms with Gasteiger partial charge in [-0.15, -0.1) is 0 Å². The van der Waals surface area contributed by atoms with Gasteiger partial charge in [-0.25, -0.2) is 0 Å². The number of rotatable bonds is 6. The first-order valence-electron chi connectivity index (χ1n) is 10.1. The van der Waals surface area contributed by atoms with Gasteiger partial charge in [-0.05, 0) is 93.8 Å². The molecule has 6 nitrogen and oxygen atoms in total. The quantitative estimate of drug-likeness (QED) is 0.194. The minimum absolute atomic E-state index is 0.204. The van der Waals surface area contributed by atoms with Gasteiger partial charge in [0.1, 0.15) is 12.4 Å². The Labute approximate surface area is 239 Å². The number of nitrogens with one attached hydrogen (secondary N) is 1. The van der Waals surface area contributed by atoms with E-state index in [9.17, 15) is 14.9 Å². The normalized spacial score (nSPS) is 14.2. The maximum Gasteiger partial charge on any atom is 0.285 e. The van der Waals surface area contributed by atoms with Crippen LogP contribution in [0.2, 0.25) is 0 Å². The minimum Gasteiger partial charge on any atom is -0.487 e. The van der Waals surface area contributed by atoms with Crippen molar-refractivity contribution in [3.63, 3.8) is 0 Å². The van der Waals surface area contributed by atoms with Crippen molar-refractivity contribution in [3.05, 3.63) is 101 Å². The number of amides is 2. The Bertz CT molecular complexity index is 1400. The molecule has 0 aromatic heterocycles. The van der Waals surface area contributed by atoms with Crippen molar-refractivity contribution in [3.8, 4) is 11.8 Å². The van der Waals surface area contributed by atoms with Gasteiger partial charge in [-0.1, -0.05) is 48.2 Å². The van der Waals surface area contributed by atoms with Crippen LogP contribution >= 0.6 is 69.2 Å². The second-order valence-electron chi connectivity index (χ2n) is 7.19. The van der Waals surface area contributed by atoms with E-state index in [0.29, 0.717) is 27.3 Å². The van der Waals surface area contributed by atoms with E-state index in [4.69, 9.17) is 17.0 Å². The van der Waals surface area contributed by atoms with Crippen molar-refractivity contribution in [1.29, 1.82) is 5.26 Å². The number of hydrogen-bond donors (Lipinski definition) is 1. The smallest absolute Gasteiger partial charge is 0.285 e. The molecule has 0 atom stereocenters. The zero-order chi connectivity index (χ0) is 24.9. The lowest BCUT2D eigenvalue weighted by molar-refractivity contribution is -0.123. The molecule has 0 aliphatic carbocycles. The molecule has 35 heavy (non-hydrogen) atoms. The Hall–Kier alpha value is -2.47. The van der Waals surface area contributed by atoms with Crippen molar-refractivity contribution in [1.82, 2.24) is 10.4 Å². The molecule has 10 heteroatoms. The average Bonchev–Trinajstić information content (AvgIpc) is 3.11. The van der Waals surface area contributed by atoms with Crippen LogP contribution in [0.5, 0.6) is 5.75 Å². The summed E-state index contributed by atoms with van der Waals surface area (Å²) in [6.45, 7) is 0.204. The lowest BCUT2D eigenvalue weighted by Gasteiger charge is -2.15. The van der Waals surface area contributed by atoms with Crippen LogP contribution in [0.4, 0.5) is 0 Å². The van der Waals surface area contributed by atoms with Gasteiger partial charge in [0.25, 0.3) is 11.8 Å². The highest BCUT2D eigenvalue weighted by molar-refractivity contribution is 14.1. The summed E-state index contributed by atoms with van der Waals surface area (Å²) >= 11 is 10.8. The number of thiocarbonyl (C=S) groups is 1. The van der Waals surface area contributed by atoms with Gasteiger partial charge in [-0.2, -0.15) is 10.3 Å². The van der Waals surface area contributed by atoms with E-state index >= 15 is 0 Å². The number of nitriles is 1.